The molecular weight excluding hydrogens is 262 g/mol. The molecule has 0 bridgehead atoms. The van der Waals surface area contributed by atoms with Gasteiger partial charge in [0.2, 0.25) is 11.8 Å². The average molecular weight is 287 g/mol. The zero-order chi connectivity index (χ0) is 15.2. The Hall–Kier alpha value is -1.68. The predicted molar refractivity (Wildman–Crippen MR) is 84.5 cm³/mol. The van der Waals surface area contributed by atoms with E-state index in [0.717, 1.165) is 25.3 Å². The van der Waals surface area contributed by atoms with E-state index in [1.807, 2.05) is 0 Å². The van der Waals surface area contributed by atoms with Crippen LogP contribution >= 0.6 is 0 Å². The highest BCUT2D eigenvalue weighted by Crippen LogP contribution is 2.14. The van der Waals surface area contributed by atoms with Crippen molar-refractivity contribution in [2.45, 2.75) is 53.0 Å². The molecule has 1 N–H and O–H groups in total. The number of nitrogens with zero attached hydrogens (tertiary/aromatic N) is 2. The summed E-state index contributed by atoms with van der Waals surface area (Å²) in [6, 6.07) is 6.97. The lowest BCUT2D eigenvalue weighted by Crippen LogP contribution is -2.23. The summed E-state index contributed by atoms with van der Waals surface area (Å²) in [5.74, 6) is 1.43. The largest absolute Gasteiger partial charge is 0.425 e. The number of rotatable bonds is 7. The van der Waals surface area contributed by atoms with Crippen molar-refractivity contribution < 1.29 is 4.42 Å². The second-order valence-electron chi connectivity index (χ2n) is 5.90. The molecule has 0 fully saturated rings. The number of nitrogens with one attached hydrogen (secondary N) is 1. The molecule has 0 saturated carbocycles. The highest BCUT2D eigenvalue weighted by Gasteiger charge is 2.07. The molecule has 4 nitrogen and oxygen atoms in total. The first-order chi connectivity index (χ1) is 10.0. The van der Waals surface area contributed by atoms with Crippen molar-refractivity contribution in [2.24, 2.45) is 0 Å². The number of hydrogen-bond acceptors (Lipinski definition) is 4. The molecule has 0 unspecified atom stereocenters. The van der Waals surface area contributed by atoms with Gasteiger partial charge in [-0.15, -0.1) is 10.2 Å². The topological polar surface area (TPSA) is 51.0 Å². The van der Waals surface area contributed by atoms with Crippen LogP contribution in [0.2, 0.25) is 0 Å². The highest BCUT2D eigenvalue weighted by atomic mass is 16.4. The van der Waals surface area contributed by atoms with Crippen molar-refractivity contribution in [3.05, 3.63) is 46.7 Å². The predicted octanol–water partition coefficient (Wildman–Crippen LogP) is 3.21. The molecule has 21 heavy (non-hydrogen) atoms. The van der Waals surface area contributed by atoms with Gasteiger partial charge in [-0.2, -0.15) is 0 Å². The smallest absolute Gasteiger partial charge is 0.220 e. The summed E-state index contributed by atoms with van der Waals surface area (Å²) in [6.45, 7) is 9.52. The maximum Gasteiger partial charge on any atom is 0.220 e. The molecule has 4 heteroatoms. The normalized spacial score (nSPS) is 11.3. The number of aromatic nitrogens is 2. The van der Waals surface area contributed by atoms with Crippen molar-refractivity contribution in [3.63, 3.8) is 0 Å². The van der Waals surface area contributed by atoms with Gasteiger partial charge in [-0.1, -0.05) is 32.0 Å². The van der Waals surface area contributed by atoms with Crippen LogP contribution in [0.1, 0.15) is 48.7 Å². The van der Waals surface area contributed by atoms with Crippen LogP contribution in [0.25, 0.3) is 0 Å². The van der Waals surface area contributed by atoms with Gasteiger partial charge in [0.25, 0.3) is 0 Å². The lowest BCUT2D eigenvalue weighted by atomic mass is 10.0. The van der Waals surface area contributed by atoms with E-state index in [-0.39, 0.29) is 0 Å². The van der Waals surface area contributed by atoms with Gasteiger partial charge in [-0.25, -0.2) is 0 Å². The Morgan fingerprint density at radius 2 is 1.86 bits per heavy atom. The minimum atomic E-state index is 0.521. The highest BCUT2D eigenvalue weighted by molar-refractivity contribution is 5.31. The average Bonchev–Trinajstić information content (AvgIpc) is 2.86. The molecule has 0 aliphatic carbocycles. The molecule has 1 heterocycles. The van der Waals surface area contributed by atoms with E-state index in [1.165, 1.54) is 16.7 Å². The van der Waals surface area contributed by atoms with Crippen LogP contribution in [-0.2, 0) is 12.8 Å². The fourth-order valence-corrected chi connectivity index (χ4v) is 2.18. The van der Waals surface area contributed by atoms with Gasteiger partial charge in [0.15, 0.2) is 0 Å². The van der Waals surface area contributed by atoms with Gasteiger partial charge in [0.05, 0.1) is 6.42 Å². The third kappa shape index (κ3) is 4.97. The first-order valence-corrected chi connectivity index (χ1v) is 7.65. The Labute approximate surface area is 127 Å². The van der Waals surface area contributed by atoms with Gasteiger partial charge in [-0.3, -0.25) is 0 Å². The molecule has 0 atom stereocenters. The van der Waals surface area contributed by atoms with Crippen LogP contribution in [0.15, 0.2) is 22.6 Å². The number of aryl methyl sites for hydroxylation is 3. The maximum atomic E-state index is 5.71. The molecule has 1 aromatic heterocycles. The van der Waals surface area contributed by atoms with Crippen molar-refractivity contribution in [1.82, 2.24) is 15.5 Å². The first kappa shape index (κ1) is 15.7. The van der Waals surface area contributed by atoms with E-state index in [0.29, 0.717) is 18.4 Å². The summed E-state index contributed by atoms with van der Waals surface area (Å²) in [5.41, 5.74) is 3.82. The van der Waals surface area contributed by atoms with Crippen molar-refractivity contribution in [2.75, 3.05) is 6.54 Å². The molecule has 0 aliphatic rings. The van der Waals surface area contributed by atoms with Crippen molar-refractivity contribution in [3.8, 4) is 0 Å². The molecule has 2 rings (SSSR count). The SMILES string of the molecule is Cc1ccc(Cc2nnc(CCCNC(C)C)o2)cc1C. The Bertz CT molecular complexity index is 575. The second kappa shape index (κ2) is 7.36. The summed E-state index contributed by atoms with van der Waals surface area (Å²) in [4.78, 5) is 0. The van der Waals surface area contributed by atoms with Crippen LogP contribution in [0.5, 0.6) is 0 Å². The van der Waals surface area contributed by atoms with E-state index in [2.05, 4.69) is 61.4 Å². The van der Waals surface area contributed by atoms with Crippen LogP contribution < -0.4 is 5.32 Å². The molecule has 114 valence electrons. The molecule has 0 amide bonds. The summed E-state index contributed by atoms with van der Waals surface area (Å²) in [6.07, 6.45) is 2.56. The zero-order valence-corrected chi connectivity index (χ0v) is 13.4. The van der Waals surface area contributed by atoms with E-state index >= 15 is 0 Å². The molecular formula is C17H25N3O. The maximum absolute atomic E-state index is 5.71. The number of hydrogen-bond donors (Lipinski definition) is 1. The Kier molecular flexibility index (Phi) is 5.51. The van der Waals surface area contributed by atoms with Gasteiger partial charge in [-0.05, 0) is 43.5 Å². The fraction of sp³-hybridized carbons (Fsp3) is 0.529. The quantitative estimate of drug-likeness (QED) is 0.794. The van der Waals surface area contributed by atoms with E-state index in [4.69, 9.17) is 4.42 Å². The lowest BCUT2D eigenvalue weighted by molar-refractivity contribution is 0.446. The Balaban J connectivity index is 1.86. The number of benzene rings is 1. The standard InChI is InChI=1S/C17H25N3O/c1-12(2)18-9-5-6-16-19-20-17(21-16)11-15-8-7-13(3)14(4)10-15/h7-8,10,12,18H,5-6,9,11H2,1-4H3. The fourth-order valence-electron chi connectivity index (χ4n) is 2.18. The monoisotopic (exact) mass is 287 g/mol. The molecule has 0 aliphatic heterocycles. The van der Waals surface area contributed by atoms with Crippen molar-refractivity contribution >= 4 is 0 Å². The first-order valence-electron chi connectivity index (χ1n) is 7.65. The summed E-state index contributed by atoms with van der Waals surface area (Å²) in [5, 5.41) is 11.6. The van der Waals surface area contributed by atoms with Gasteiger partial charge < -0.3 is 9.73 Å². The molecule has 0 saturated heterocycles. The van der Waals surface area contributed by atoms with Crippen molar-refractivity contribution in [1.29, 1.82) is 0 Å². The van der Waals surface area contributed by atoms with Gasteiger partial charge >= 0.3 is 0 Å². The van der Waals surface area contributed by atoms with Gasteiger partial charge in [0.1, 0.15) is 0 Å². The lowest BCUT2D eigenvalue weighted by Gasteiger charge is -2.05. The molecule has 2 aromatic rings. The second-order valence-corrected chi connectivity index (χ2v) is 5.90. The third-order valence-electron chi connectivity index (χ3n) is 3.56. The van der Waals surface area contributed by atoms with Crippen LogP contribution in [-0.4, -0.2) is 22.8 Å². The minimum Gasteiger partial charge on any atom is -0.425 e. The Morgan fingerprint density at radius 3 is 2.57 bits per heavy atom. The third-order valence-corrected chi connectivity index (χ3v) is 3.56. The van der Waals surface area contributed by atoms with Crippen LogP contribution in [0.4, 0.5) is 0 Å². The summed E-state index contributed by atoms with van der Waals surface area (Å²) >= 11 is 0. The summed E-state index contributed by atoms with van der Waals surface area (Å²) in [7, 11) is 0. The zero-order valence-electron chi connectivity index (χ0n) is 13.4. The van der Waals surface area contributed by atoms with Crippen LogP contribution in [0, 0.1) is 13.8 Å². The van der Waals surface area contributed by atoms with Crippen LogP contribution in [0.3, 0.4) is 0 Å². The van der Waals surface area contributed by atoms with E-state index < -0.39 is 0 Å². The minimum absolute atomic E-state index is 0.521. The molecule has 0 spiro atoms. The molecule has 1 aromatic carbocycles. The molecule has 0 radical (unpaired) electrons. The van der Waals surface area contributed by atoms with E-state index in [1.54, 1.807) is 0 Å². The summed E-state index contributed by atoms with van der Waals surface area (Å²) < 4.78 is 5.71. The van der Waals surface area contributed by atoms with Gasteiger partial charge in [0, 0.05) is 12.5 Å². The Morgan fingerprint density at radius 1 is 1.10 bits per heavy atom. The van der Waals surface area contributed by atoms with E-state index in [9.17, 15) is 0 Å².